The molecule has 20 heavy (non-hydrogen) atoms. The van der Waals surface area contributed by atoms with E-state index in [0.29, 0.717) is 5.69 Å². The van der Waals surface area contributed by atoms with Crippen LogP contribution in [0.15, 0.2) is 18.2 Å². The smallest absolute Gasteiger partial charge is 0.321 e. The Balaban J connectivity index is 2.84. The summed E-state index contributed by atoms with van der Waals surface area (Å²) < 4.78 is 0. The van der Waals surface area contributed by atoms with Crippen molar-refractivity contribution in [1.82, 2.24) is 4.90 Å². The van der Waals surface area contributed by atoms with Gasteiger partial charge in [0, 0.05) is 31.0 Å². The van der Waals surface area contributed by atoms with Gasteiger partial charge in [-0.1, -0.05) is 6.07 Å². The first-order chi connectivity index (χ1) is 9.36. The molecule has 0 saturated carbocycles. The predicted octanol–water partition coefficient (Wildman–Crippen LogP) is 3.12. The van der Waals surface area contributed by atoms with E-state index in [1.807, 2.05) is 13.2 Å². The Morgan fingerprint density at radius 3 is 2.75 bits per heavy atom. The van der Waals surface area contributed by atoms with Crippen molar-refractivity contribution < 1.29 is 9.72 Å². The fourth-order valence-electron chi connectivity index (χ4n) is 1.61. The van der Waals surface area contributed by atoms with Crippen LogP contribution in [0.1, 0.15) is 12.5 Å². The molecule has 6 nitrogen and oxygen atoms in total. The lowest BCUT2D eigenvalue weighted by Crippen LogP contribution is -2.39. The quantitative estimate of drug-likeness (QED) is 0.669. The lowest BCUT2D eigenvalue weighted by molar-refractivity contribution is -0.384. The third-order valence-electron chi connectivity index (χ3n) is 3.06. The molecule has 1 N–H and O–H groups in total. The fraction of sp³-hybridized carbons (Fsp3) is 0.462. The summed E-state index contributed by atoms with van der Waals surface area (Å²) in [5.74, 6) is 0.831. The molecule has 1 aromatic rings. The highest BCUT2D eigenvalue weighted by Gasteiger charge is 2.17. The van der Waals surface area contributed by atoms with Gasteiger partial charge in [-0.15, -0.1) is 0 Å². The molecule has 0 saturated heterocycles. The van der Waals surface area contributed by atoms with Crippen LogP contribution < -0.4 is 5.32 Å². The topological polar surface area (TPSA) is 75.5 Å². The first-order valence-electron chi connectivity index (χ1n) is 6.14. The molecule has 0 aromatic heterocycles. The highest BCUT2D eigenvalue weighted by atomic mass is 32.2. The van der Waals surface area contributed by atoms with Gasteiger partial charge in [-0.05, 0) is 25.7 Å². The van der Waals surface area contributed by atoms with Crippen molar-refractivity contribution in [2.75, 3.05) is 24.4 Å². The van der Waals surface area contributed by atoms with E-state index in [0.717, 1.165) is 11.3 Å². The van der Waals surface area contributed by atoms with Gasteiger partial charge in [0.2, 0.25) is 0 Å². The maximum absolute atomic E-state index is 12.1. The second kappa shape index (κ2) is 7.14. The number of urea groups is 1. The van der Waals surface area contributed by atoms with Crippen molar-refractivity contribution >= 4 is 29.2 Å². The molecule has 0 unspecified atom stereocenters. The van der Waals surface area contributed by atoms with Gasteiger partial charge in [0.15, 0.2) is 0 Å². The Bertz CT molecular complexity index is 508. The molecule has 7 heteroatoms. The minimum absolute atomic E-state index is 0.0364. The number of benzene rings is 1. The molecule has 2 amide bonds. The number of rotatable bonds is 5. The first kappa shape index (κ1) is 16.3. The van der Waals surface area contributed by atoms with Gasteiger partial charge in [-0.2, -0.15) is 11.8 Å². The molecule has 0 spiro atoms. The number of hydrogen-bond donors (Lipinski definition) is 1. The summed E-state index contributed by atoms with van der Waals surface area (Å²) >= 11 is 1.66. The SMILES string of the molecule is CSC[C@@H](C)N(C)C(=O)Nc1cc([N+](=O)[O-])ccc1C. The number of hydrogen-bond acceptors (Lipinski definition) is 4. The van der Waals surface area contributed by atoms with Crippen LogP contribution in [-0.2, 0) is 0 Å². The molecule has 0 aliphatic rings. The highest BCUT2D eigenvalue weighted by Crippen LogP contribution is 2.22. The van der Waals surface area contributed by atoms with E-state index < -0.39 is 4.92 Å². The number of thioether (sulfide) groups is 1. The van der Waals surface area contributed by atoms with Crippen LogP contribution in [0.4, 0.5) is 16.2 Å². The van der Waals surface area contributed by atoms with Gasteiger partial charge in [0.1, 0.15) is 0 Å². The summed E-state index contributed by atoms with van der Waals surface area (Å²) in [7, 11) is 1.71. The van der Waals surface area contributed by atoms with Gasteiger partial charge >= 0.3 is 6.03 Å². The summed E-state index contributed by atoms with van der Waals surface area (Å²) in [6.07, 6.45) is 1.98. The number of nitrogens with one attached hydrogen (secondary N) is 1. The second-order valence-corrected chi connectivity index (χ2v) is 5.51. The molecule has 110 valence electrons. The predicted molar refractivity (Wildman–Crippen MR) is 82.5 cm³/mol. The van der Waals surface area contributed by atoms with Crippen LogP contribution in [0, 0.1) is 17.0 Å². The Morgan fingerprint density at radius 1 is 1.55 bits per heavy atom. The van der Waals surface area contributed by atoms with Crippen LogP contribution in [0.25, 0.3) is 0 Å². The Hall–Kier alpha value is -1.76. The molecule has 0 radical (unpaired) electrons. The first-order valence-corrected chi connectivity index (χ1v) is 7.54. The molecule has 0 aliphatic heterocycles. The van der Waals surface area contributed by atoms with Crippen molar-refractivity contribution in [1.29, 1.82) is 0 Å². The Morgan fingerprint density at radius 2 is 2.20 bits per heavy atom. The van der Waals surface area contributed by atoms with Crippen LogP contribution in [-0.4, -0.2) is 41.0 Å². The minimum Gasteiger partial charge on any atom is -0.324 e. The molecule has 0 heterocycles. The number of non-ortho nitro benzene ring substituents is 1. The number of nitro benzene ring substituents is 1. The summed E-state index contributed by atoms with van der Waals surface area (Å²) in [5, 5.41) is 13.5. The molecular formula is C13H19N3O3S. The van der Waals surface area contributed by atoms with Crippen molar-refractivity contribution in [3.05, 3.63) is 33.9 Å². The molecule has 0 aliphatic carbocycles. The van der Waals surface area contributed by atoms with E-state index in [1.165, 1.54) is 12.1 Å². The average Bonchev–Trinajstić information content (AvgIpc) is 2.40. The van der Waals surface area contributed by atoms with E-state index in [2.05, 4.69) is 5.32 Å². The lowest BCUT2D eigenvalue weighted by Gasteiger charge is -2.24. The number of nitrogens with zero attached hydrogens (tertiary/aromatic N) is 2. The largest absolute Gasteiger partial charge is 0.324 e. The second-order valence-electron chi connectivity index (χ2n) is 4.60. The lowest BCUT2D eigenvalue weighted by atomic mass is 10.2. The van der Waals surface area contributed by atoms with E-state index in [1.54, 1.807) is 36.7 Å². The standard InChI is InChI=1S/C13H19N3O3S/c1-9-5-6-11(16(18)19)7-12(9)14-13(17)15(3)10(2)8-20-4/h5-7,10H,8H2,1-4H3,(H,14,17)/t10-/m1/s1. The van der Waals surface area contributed by atoms with Gasteiger partial charge < -0.3 is 10.2 Å². The number of aryl methyl sites for hydroxylation is 1. The molecular weight excluding hydrogens is 278 g/mol. The number of carbonyl (C=O) groups excluding carboxylic acids is 1. The van der Waals surface area contributed by atoms with Crippen LogP contribution in [0.2, 0.25) is 0 Å². The van der Waals surface area contributed by atoms with Crippen molar-refractivity contribution in [3.8, 4) is 0 Å². The normalized spacial score (nSPS) is 11.8. The van der Waals surface area contributed by atoms with Crippen molar-refractivity contribution in [2.24, 2.45) is 0 Å². The van der Waals surface area contributed by atoms with Gasteiger partial charge in [0.25, 0.3) is 5.69 Å². The molecule has 1 rings (SSSR count). The third kappa shape index (κ3) is 4.12. The summed E-state index contributed by atoms with van der Waals surface area (Å²) in [5.41, 5.74) is 1.22. The van der Waals surface area contributed by atoms with Crippen LogP contribution >= 0.6 is 11.8 Å². The molecule has 0 bridgehead atoms. The van der Waals surface area contributed by atoms with Crippen LogP contribution in [0.5, 0.6) is 0 Å². The van der Waals surface area contributed by atoms with E-state index >= 15 is 0 Å². The zero-order valence-electron chi connectivity index (χ0n) is 12.0. The molecule has 1 aromatic carbocycles. The average molecular weight is 297 g/mol. The molecule has 1 atom stereocenters. The number of carbonyl (C=O) groups is 1. The van der Waals surface area contributed by atoms with Gasteiger partial charge in [-0.3, -0.25) is 10.1 Å². The van der Waals surface area contributed by atoms with E-state index in [4.69, 9.17) is 0 Å². The monoisotopic (exact) mass is 297 g/mol. The summed E-state index contributed by atoms with van der Waals surface area (Å²) in [4.78, 5) is 24.0. The summed E-state index contributed by atoms with van der Waals surface area (Å²) in [6, 6.07) is 4.24. The maximum Gasteiger partial charge on any atom is 0.321 e. The number of nitro groups is 1. The number of anilines is 1. The third-order valence-corrected chi connectivity index (χ3v) is 3.88. The minimum atomic E-state index is -0.477. The van der Waals surface area contributed by atoms with Crippen LogP contribution in [0.3, 0.4) is 0 Å². The zero-order valence-corrected chi connectivity index (χ0v) is 12.9. The van der Waals surface area contributed by atoms with Gasteiger partial charge in [-0.25, -0.2) is 4.79 Å². The Kier molecular flexibility index (Phi) is 5.82. The number of amides is 2. The van der Waals surface area contributed by atoms with E-state index in [-0.39, 0.29) is 17.8 Å². The Labute approximate surface area is 122 Å². The summed E-state index contributed by atoms with van der Waals surface area (Å²) in [6.45, 7) is 3.75. The van der Waals surface area contributed by atoms with Crippen molar-refractivity contribution in [3.63, 3.8) is 0 Å². The maximum atomic E-state index is 12.1. The van der Waals surface area contributed by atoms with Crippen molar-refractivity contribution in [2.45, 2.75) is 19.9 Å². The van der Waals surface area contributed by atoms with Gasteiger partial charge in [0.05, 0.1) is 10.6 Å². The zero-order chi connectivity index (χ0) is 15.3. The highest BCUT2D eigenvalue weighted by molar-refractivity contribution is 7.98. The van der Waals surface area contributed by atoms with E-state index in [9.17, 15) is 14.9 Å². The fourth-order valence-corrected chi connectivity index (χ4v) is 2.32. The molecule has 0 fully saturated rings.